The molecule has 2 aromatic carbocycles. The third kappa shape index (κ3) is 4.57. The van der Waals surface area contributed by atoms with Crippen molar-refractivity contribution in [3.63, 3.8) is 0 Å². The number of H-pyrrole nitrogens is 1. The molecule has 9 heteroatoms. The summed E-state index contributed by atoms with van der Waals surface area (Å²) in [7, 11) is 2.95. The molecule has 6 atom stereocenters. The number of ether oxygens (including phenoxy) is 3. The van der Waals surface area contributed by atoms with Gasteiger partial charge in [-0.05, 0) is 54.9 Å². The minimum Gasteiger partial charge on any atom is -0.469 e. The molecule has 2 fully saturated rings. The van der Waals surface area contributed by atoms with Crippen molar-refractivity contribution in [3.05, 3.63) is 65.4 Å². The van der Waals surface area contributed by atoms with Crippen molar-refractivity contribution in [1.29, 1.82) is 0 Å². The molecule has 0 bridgehead atoms. The molecular weight excluding hydrogens is 510 g/mol. The predicted molar refractivity (Wildman–Crippen MR) is 149 cm³/mol. The number of anilines is 1. The molecule has 1 aliphatic carbocycles. The molecule has 1 saturated heterocycles. The number of rotatable bonds is 5. The number of methoxy groups -OCH3 is 2. The summed E-state index contributed by atoms with van der Waals surface area (Å²) in [6.07, 6.45) is 1.04. The lowest BCUT2D eigenvalue weighted by Gasteiger charge is -2.52. The lowest BCUT2D eigenvalue weighted by molar-refractivity contribution is -0.176. The zero-order valence-corrected chi connectivity index (χ0v) is 23.0. The number of hydrogen-bond acceptors (Lipinski definition) is 7. The summed E-state index contributed by atoms with van der Waals surface area (Å²) in [6.45, 7) is 3.12. The number of esters is 2. The number of carbonyl (C=O) groups excluding carboxylic acids is 3. The van der Waals surface area contributed by atoms with Crippen LogP contribution in [-0.4, -0.2) is 67.2 Å². The van der Waals surface area contributed by atoms with Crippen LogP contribution in [0, 0.1) is 17.8 Å². The van der Waals surface area contributed by atoms with Crippen molar-refractivity contribution in [3.8, 4) is 0 Å². The molecule has 1 saturated carbocycles. The maximum Gasteiger partial charge on any atom is 0.340 e. The third-order valence-corrected chi connectivity index (χ3v) is 9.02. The van der Waals surface area contributed by atoms with Crippen molar-refractivity contribution in [2.45, 2.75) is 44.4 Å². The van der Waals surface area contributed by atoms with Gasteiger partial charge in [-0.25, -0.2) is 4.79 Å². The van der Waals surface area contributed by atoms with E-state index in [2.05, 4.69) is 33.4 Å². The van der Waals surface area contributed by atoms with E-state index in [1.807, 2.05) is 6.07 Å². The molecular formula is C31H35N3O6. The Labute approximate surface area is 233 Å². The van der Waals surface area contributed by atoms with Gasteiger partial charge in [0.2, 0.25) is 5.91 Å². The number of aromatic amines is 1. The summed E-state index contributed by atoms with van der Waals surface area (Å²) in [5.41, 5.74) is 4.40. The van der Waals surface area contributed by atoms with Gasteiger partial charge in [-0.1, -0.05) is 30.3 Å². The molecule has 6 unspecified atom stereocenters. The van der Waals surface area contributed by atoms with E-state index < -0.39 is 24.1 Å². The fourth-order valence-electron chi connectivity index (χ4n) is 7.36. The summed E-state index contributed by atoms with van der Waals surface area (Å²) in [5, 5.41) is 3.96. The molecule has 210 valence electrons. The van der Waals surface area contributed by atoms with Gasteiger partial charge in [-0.15, -0.1) is 0 Å². The molecule has 3 aliphatic rings. The normalized spacial score (nSPS) is 27.7. The molecule has 1 aromatic heterocycles. The summed E-state index contributed by atoms with van der Waals surface area (Å²) in [4.78, 5) is 44.5. The van der Waals surface area contributed by atoms with E-state index in [-0.39, 0.29) is 35.3 Å². The summed E-state index contributed by atoms with van der Waals surface area (Å²) >= 11 is 0. The monoisotopic (exact) mass is 545 g/mol. The van der Waals surface area contributed by atoms with Gasteiger partial charge in [0, 0.05) is 43.7 Å². The summed E-state index contributed by atoms with van der Waals surface area (Å²) in [5.74, 6) is -1.62. The number of piperidine rings is 1. The molecule has 3 heterocycles. The molecule has 2 N–H and O–H groups in total. The second kappa shape index (κ2) is 10.7. The Balaban J connectivity index is 1.29. The van der Waals surface area contributed by atoms with Crippen molar-refractivity contribution < 1.29 is 28.6 Å². The smallest absolute Gasteiger partial charge is 0.340 e. The quantitative estimate of drug-likeness (QED) is 0.465. The molecule has 6 rings (SSSR count). The van der Waals surface area contributed by atoms with Gasteiger partial charge in [0.1, 0.15) is 12.2 Å². The second-order valence-electron chi connectivity index (χ2n) is 11.1. The topological polar surface area (TPSA) is 110 Å². The van der Waals surface area contributed by atoms with E-state index >= 15 is 0 Å². The number of amides is 1. The van der Waals surface area contributed by atoms with Gasteiger partial charge in [0.05, 0.1) is 30.3 Å². The molecule has 3 aromatic rings. The first-order chi connectivity index (χ1) is 19.4. The zero-order chi connectivity index (χ0) is 28.0. The SMILES string of the molecule is COC(=O)C1C2CC3c4[nH]c5ccccc5c4CCN3CC2CC(OC(=O)c2ccccc2NC(C)=O)C1OC. The highest BCUT2D eigenvalue weighted by Gasteiger charge is 2.54. The summed E-state index contributed by atoms with van der Waals surface area (Å²) < 4.78 is 17.3. The number of nitrogens with one attached hydrogen (secondary N) is 2. The lowest BCUT2D eigenvalue weighted by Crippen LogP contribution is -2.58. The highest BCUT2D eigenvalue weighted by molar-refractivity contribution is 6.00. The first-order valence-corrected chi connectivity index (χ1v) is 13.9. The molecule has 9 nitrogen and oxygen atoms in total. The Morgan fingerprint density at radius 3 is 2.58 bits per heavy atom. The van der Waals surface area contributed by atoms with Crippen molar-refractivity contribution in [2.75, 3.05) is 32.6 Å². The van der Waals surface area contributed by atoms with Gasteiger partial charge >= 0.3 is 11.9 Å². The number of benzene rings is 2. The molecule has 2 aliphatic heterocycles. The van der Waals surface area contributed by atoms with Gasteiger partial charge in [0.15, 0.2) is 0 Å². The number of carbonyl (C=O) groups is 3. The van der Waals surface area contributed by atoms with E-state index in [0.29, 0.717) is 12.1 Å². The highest BCUT2D eigenvalue weighted by Crippen LogP contribution is 2.50. The Hall–Kier alpha value is -3.69. The standard InChI is InChI=1S/C31H35N3O6/c1-17(35)32-24-11-7-5-9-21(24)30(36)40-26-14-18-16-34-13-12-20-19-8-4-6-10-23(19)33-28(20)25(34)15-22(18)27(29(26)38-2)31(37)39-3/h4-11,18,22,25-27,29,33H,12-16H2,1-3H3,(H,32,35). The number of hydrogen-bond donors (Lipinski definition) is 2. The average Bonchev–Trinajstić information content (AvgIpc) is 3.34. The van der Waals surface area contributed by atoms with Crippen LogP contribution in [0.5, 0.6) is 0 Å². The minimum atomic E-state index is -0.650. The minimum absolute atomic E-state index is 0.0117. The predicted octanol–water partition coefficient (Wildman–Crippen LogP) is 4.10. The van der Waals surface area contributed by atoms with Crippen molar-refractivity contribution in [2.24, 2.45) is 17.8 Å². The first-order valence-electron chi connectivity index (χ1n) is 13.9. The Morgan fingerprint density at radius 1 is 1.02 bits per heavy atom. The van der Waals surface area contributed by atoms with Crippen LogP contribution in [0.2, 0.25) is 0 Å². The Bertz CT molecular complexity index is 1450. The van der Waals surface area contributed by atoms with E-state index in [1.165, 1.54) is 30.7 Å². The molecule has 40 heavy (non-hydrogen) atoms. The molecule has 0 spiro atoms. The molecule has 1 amide bonds. The zero-order valence-electron chi connectivity index (χ0n) is 23.0. The van der Waals surface area contributed by atoms with Gasteiger partial charge < -0.3 is 24.5 Å². The maximum atomic E-state index is 13.4. The highest BCUT2D eigenvalue weighted by atomic mass is 16.6. The van der Waals surface area contributed by atoms with E-state index in [0.717, 1.165) is 31.4 Å². The number of fused-ring (bicyclic) bond motifs is 6. The lowest BCUT2D eigenvalue weighted by atomic mass is 9.63. The van der Waals surface area contributed by atoms with Crippen molar-refractivity contribution >= 4 is 34.4 Å². The van der Waals surface area contributed by atoms with Crippen LogP contribution in [-0.2, 0) is 30.2 Å². The first kappa shape index (κ1) is 26.5. The largest absolute Gasteiger partial charge is 0.469 e. The molecule has 0 radical (unpaired) electrons. The van der Waals surface area contributed by atoms with E-state index in [1.54, 1.807) is 31.4 Å². The fraction of sp³-hybridized carbons (Fsp3) is 0.452. The van der Waals surface area contributed by atoms with Crippen LogP contribution < -0.4 is 5.32 Å². The number of aromatic nitrogens is 1. The fourth-order valence-corrected chi connectivity index (χ4v) is 7.36. The summed E-state index contributed by atoms with van der Waals surface area (Å²) in [6, 6.07) is 15.3. The van der Waals surface area contributed by atoms with E-state index in [4.69, 9.17) is 14.2 Å². The van der Waals surface area contributed by atoms with Crippen LogP contribution in [0.25, 0.3) is 10.9 Å². The number of nitrogens with zero attached hydrogens (tertiary/aromatic N) is 1. The van der Waals surface area contributed by atoms with Gasteiger partial charge in [-0.2, -0.15) is 0 Å². The van der Waals surface area contributed by atoms with Gasteiger partial charge in [0.25, 0.3) is 0 Å². The van der Waals surface area contributed by atoms with Crippen LogP contribution in [0.4, 0.5) is 5.69 Å². The maximum absolute atomic E-state index is 13.4. The number of para-hydroxylation sites is 2. The van der Waals surface area contributed by atoms with Crippen molar-refractivity contribution in [1.82, 2.24) is 9.88 Å². The van der Waals surface area contributed by atoms with Crippen LogP contribution in [0.1, 0.15) is 47.4 Å². The van der Waals surface area contributed by atoms with Crippen LogP contribution in [0.3, 0.4) is 0 Å². The third-order valence-electron chi connectivity index (χ3n) is 9.02. The van der Waals surface area contributed by atoms with Gasteiger partial charge in [-0.3, -0.25) is 14.5 Å². The van der Waals surface area contributed by atoms with Crippen LogP contribution >= 0.6 is 0 Å². The second-order valence-corrected chi connectivity index (χ2v) is 11.1. The van der Waals surface area contributed by atoms with Crippen LogP contribution in [0.15, 0.2) is 48.5 Å². The Morgan fingerprint density at radius 2 is 1.80 bits per heavy atom. The average molecular weight is 546 g/mol. The Kier molecular flexibility index (Phi) is 7.10. The van der Waals surface area contributed by atoms with E-state index in [9.17, 15) is 14.4 Å².